The summed E-state index contributed by atoms with van der Waals surface area (Å²) in [6.07, 6.45) is 1.30. The third kappa shape index (κ3) is 1.01. The molecule has 1 saturated heterocycles. The van der Waals surface area contributed by atoms with Gasteiger partial charge >= 0.3 is 0 Å². The van der Waals surface area contributed by atoms with Gasteiger partial charge in [-0.05, 0) is 13.3 Å². The van der Waals surface area contributed by atoms with Crippen LogP contribution in [0.15, 0.2) is 0 Å². The van der Waals surface area contributed by atoms with Gasteiger partial charge in [0.2, 0.25) is 0 Å². The SMILES string of the molecule is C[C@H]1OCC[C@@H]1CO. The predicted molar refractivity (Wildman–Crippen MR) is 30.6 cm³/mol. The minimum atomic E-state index is 0.278. The molecule has 1 aliphatic heterocycles. The number of rotatable bonds is 1. The summed E-state index contributed by atoms with van der Waals surface area (Å²) >= 11 is 0. The lowest BCUT2D eigenvalue weighted by Gasteiger charge is -2.08. The van der Waals surface area contributed by atoms with Crippen LogP contribution in [0.25, 0.3) is 0 Å². The van der Waals surface area contributed by atoms with Crippen molar-refractivity contribution < 1.29 is 9.84 Å². The average Bonchev–Trinajstić information content (AvgIpc) is 2.14. The van der Waals surface area contributed by atoms with Crippen molar-refractivity contribution in [3.8, 4) is 0 Å². The summed E-state index contributed by atoms with van der Waals surface area (Å²) in [7, 11) is 0. The Morgan fingerprint density at radius 3 is 2.75 bits per heavy atom. The van der Waals surface area contributed by atoms with Gasteiger partial charge in [0.25, 0.3) is 0 Å². The lowest BCUT2D eigenvalue weighted by molar-refractivity contribution is 0.0863. The Balaban J connectivity index is 2.30. The van der Waals surface area contributed by atoms with Gasteiger partial charge < -0.3 is 9.84 Å². The molecule has 1 fully saturated rings. The van der Waals surface area contributed by atoms with Crippen LogP contribution in [0.5, 0.6) is 0 Å². The molecule has 2 heteroatoms. The van der Waals surface area contributed by atoms with Crippen molar-refractivity contribution in [3.05, 3.63) is 0 Å². The number of hydrogen-bond acceptors (Lipinski definition) is 2. The molecule has 2 nitrogen and oxygen atoms in total. The quantitative estimate of drug-likeness (QED) is 0.537. The Morgan fingerprint density at radius 1 is 1.75 bits per heavy atom. The summed E-state index contributed by atoms with van der Waals surface area (Å²) in [5, 5.41) is 8.66. The van der Waals surface area contributed by atoms with E-state index < -0.39 is 0 Å². The lowest BCUT2D eigenvalue weighted by atomic mass is 10.1. The van der Waals surface area contributed by atoms with Crippen molar-refractivity contribution >= 4 is 0 Å². The highest BCUT2D eigenvalue weighted by atomic mass is 16.5. The first-order valence-electron chi connectivity index (χ1n) is 3.07. The molecule has 48 valence electrons. The Kier molecular flexibility index (Phi) is 1.86. The maximum atomic E-state index is 8.66. The van der Waals surface area contributed by atoms with E-state index in [0.29, 0.717) is 5.92 Å². The van der Waals surface area contributed by atoms with E-state index in [9.17, 15) is 0 Å². The van der Waals surface area contributed by atoms with E-state index in [0.717, 1.165) is 13.0 Å². The molecule has 1 rings (SSSR count). The third-order valence-electron chi connectivity index (χ3n) is 1.77. The number of ether oxygens (including phenoxy) is 1. The van der Waals surface area contributed by atoms with Crippen molar-refractivity contribution in [2.45, 2.75) is 19.4 Å². The Hall–Kier alpha value is -0.0800. The predicted octanol–water partition coefficient (Wildman–Crippen LogP) is 0.404. The van der Waals surface area contributed by atoms with Gasteiger partial charge in [-0.25, -0.2) is 0 Å². The molecule has 0 radical (unpaired) electrons. The van der Waals surface area contributed by atoms with Gasteiger partial charge in [-0.15, -0.1) is 0 Å². The fourth-order valence-electron chi connectivity index (χ4n) is 1.02. The second kappa shape index (κ2) is 2.46. The van der Waals surface area contributed by atoms with Crippen molar-refractivity contribution in [3.63, 3.8) is 0 Å². The van der Waals surface area contributed by atoms with E-state index >= 15 is 0 Å². The van der Waals surface area contributed by atoms with Gasteiger partial charge in [0, 0.05) is 19.1 Å². The van der Waals surface area contributed by atoms with E-state index in [4.69, 9.17) is 9.84 Å². The van der Waals surface area contributed by atoms with Crippen LogP contribution in [0.1, 0.15) is 13.3 Å². The molecule has 1 N–H and O–H groups in total. The molecule has 0 amide bonds. The molecule has 1 aliphatic rings. The fourth-order valence-corrected chi connectivity index (χ4v) is 1.02. The van der Waals surface area contributed by atoms with Crippen LogP contribution in [-0.4, -0.2) is 24.4 Å². The summed E-state index contributed by atoms with van der Waals surface area (Å²) in [6, 6.07) is 0. The molecule has 0 bridgehead atoms. The van der Waals surface area contributed by atoms with E-state index in [2.05, 4.69) is 0 Å². The molecule has 0 aromatic carbocycles. The normalized spacial score (nSPS) is 38.2. The molecule has 1 heterocycles. The molecule has 0 aromatic rings. The summed E-state index contributed by atoms with van der Waals surface area (Å²) in [5.74, 6) is 0.398. The summed E-state index contributed by atoms with van der Waals surface area (Å²) in [6.45, 7) is 3.11. The van der Waals surface area contributed by atoms with Crippen molar-refractivity contribution in [1.82, 2.24) is 0 Å². The molecule has 0 unspecified atom stereocenters. The van der Waals surface area contributed by atoms with E-state index in [-0.39, 0.29) is 12.7 Å². The van der Waals surface area contributed by atoms with Crippen LogP contribution in [0.4, 0.5) is 0 Å². The molecule has 0 aromatic heterocycles. The van der Waals surface area contributed by atoms with Crippen LogP contribution < -0.4 is 0 Å². The van der Waals surface area contributed by atoms with Crippen molar-refractivity contribution in [1.29, 1.82) is 0 Å². The molecule has 2 atom stereocenters. The first kappa shape index (κ1) is 6.05. The van der Waals surface area contributed by atoms with Crippen LogP contribution in [0.2, 0.25) is 0 Å². The molecule has 0 aliphatic carbocycles. The topological polar surface area (TPSA) is 29.5 Å². The highest BCUT2D eigenvalue weighted by Crippen LogP contribution is 2.18. The van der Waals surface area contributed by atoms with Gasteiger partial charge in [0.15, 0.2) is 0 Å². The second-order valence-corrected chi connectivity index (χ2v) is 2.31. The number of aliphatic hydroxyl groups excluding tert-OH is 1. The zero-order valence-electron chi connectivity index (χ0n) is 5.13. The summed E-state index contributed by atoms with van der Waals surface area (Å²) < 4.78 is 5.20. The summed E-state index contributed by atoms with van der Waals surface area (Å²) in [4.78, 5) is 0. The van der Waals surface area contributed by atoms with E-state index in [1.165, 1.54) is 0 Å². The summed E-state index contributed by atoms with van der Waals surface area (Å²) in [5.41, 5.74) is 0. The van der Waals surface area contributed by atoms with Crippen LogP contribution in [0.3, 0.4) is 0 Å². The van der Waals surface area contributed by atoms with E-state index in [1.54, 1.807) is 0 Å². The van der Waals surface area contributed by atoms with Crippen molar-refractivity contribution in [2.24, 2.45) is 5.92 Å². The third-order valence-corrected chi connectivity index (χ3v) is 1.77. The zero-order chi connectivity index (χ0) is 5.98. The highest BCUT2D eigenvalue weighted by molar-refractivity contribution is 4.70. The van der Waals surface area contributed by atoms with Gasteiger partial charge in [-0.3, -0.25) is 0 Å². The minimum absolute atomic E-state index is 0.278. The van der Waals surface area contributed by atoms with Gasteiger partial charge in [0.05, 0.1) is 6.10 Å². The van der Waals surface area contributed by atoms with Crippen molar-refractivity contribution in [2.75, 3.05) is 13.2 Å². The van der Waals surface area contributed by atoms with Crippen LogP contribution >= 0.6 is 0 Å². The monoisotopic (exact) mass is 116 g/mol. The Bertz CT molecular complexity index is 72.9. The van der Waals surface area contributed by atoms with Crippen LogP contribution in [0, 0.1) is 5.92 Å². The fraction of sp³-hybridized carbons (Fsp3) is 1.00. The highest BCUT2D eigenvalue weighted by Gasteiger charge is 2.22. The lowest BCUT2D eigenvalue weighted by Crippen LogP contribution is -2.14. The average molecular weight is 116 g/mol. The second-order valence-electron chi connectivity index (χ2n) is 2.31. The first-order chi connectivity index (χ1) is 3.84. The molecule has 0 spiro atoms. The maximum Gasteiger partial charge on any atom is 0.0597 e. The number of aliphatic hydroxyl groups is 1. The Morgan fingerprint density at radius 2 is 2.50 bits per heavy atom. The molecular weight excluding hydrogens is 104 g/mol. The van der Waals surface area contributed by atoms with Gasteiger partial charge in [0.1, 0.15) is 0 Å². The van der Waals surface area contributed by atoms with Gasteiger partial charge in [-0.1, -0.05) is 0 Å². The minimum Gasteiger partial charge on any atom is -0.396 e. The number of hydrogen-bond donors (Lipinski definition) is 1. The zero-order valence-corrected chi connectivity index (χ0v) is 5.13. The molecule has 8 heavy (non-hydrogen) atoms. The van der Waals surface area contributed by atoms with Crippen LogP contribution in [-0.2, 0) is 4.74 Å². The Labute approximate surface area is 49.5 Å². The van der Waals surface area contributed by atoms with Gasteiger partial charge in [-0.2, -0.15) is 0 Å². The molecule has 0 saturated carbocycles. The first-order valence-corrected chi connectivity index (χ1v) is 3.07. The maximum absolute atomic E-state index is 8.66. The molecular formula is C6H12O2. The van der Waals surface area contributed by atoms with E-state index in [1.807, 2.05) is 6.92 Å². The standard InChI is InChI=1S/C6H12O2/c1-5-6(4-7)2-3-8-5/h5-7H,2-4H2,1H3/t5-,6-/m1/s1. The largest absolute Gasteiger partial charge is 0.396 e. The smallest absolute Gasteiger partial charge is 0.0597 e.